The number of fused-ring (bicyclic) bond motifs is 1. The fourth-order valence-corrected chi connectivity index (χ4v) is 2.03. The lowest BCUT2D eigenvalue weighted by Crippen LogP contribution is -2.40. The summed E-state index contributed by atoms with van der Waals surface area (Å²) in [5, 5.41) is 3.14. The Morgan fingerprint density at radius 2 is 1.88 bits per heavy atom. The molecule has 5 heteroatoms. The molecule has 0 amide bonds. The molecule has 0 saturated heterocycles. The van der Waals surface area contributed by atoms with Crippen LogP contribution in [0.25, 0.3) is 0 Å². The normalized spacial score (nSPS) is 15.5. The Morgan fingerprint density at radius 3 is 2.53 bits per heavy atom. The predicted molar refractivity (Wildman–Crippen MR) is 62.7 cm³/mol. The van der Waals surface area contributed by atoms with E-state index < -0.39 is 12.7 Å². The number of nitrogens with one attached hydrogen (secondary N) is 1. The lowest BCUT2D eigenvalue weighted by molar-refractivity contribution is -0.119. The fourth-order valence-electron chi connectivity index (χ4n) is 2.03. The summed E-state index contributed by atoms with van der Waals surface area (Å²) in [6, 6.07) is 3.73. The van der Waals surface area contributed by atoms with Gasteiger partial charge in [-0.15, -0.1) is 0 Å². The first kappa shape index (κ1) is 12.1. The molecule has 2 nitrogen and oxygen atoms in total. The minimum absolute atomic E-state index is 0.384. The third-order valence-corrected chi connectivity index (χ3v) is 3.02. The SMILES string of the molecule is Cc1cc2c(cc1C)N(CC(F)(F)F)CCN2. The van der Waals surface area contributed by atoms with Gasteiger partial charge in [0.1, 0.15) is 6.54 Å². The summed E-state index contributed by atoms with van der Waals surface area (Å²) in [5.74, 6) is 0. The maximum Gasteiger partial charge on any atom is 0.405 e. The molecule has 1 aromatic rings. The van der Waals surface area contributed by atoms with Crippen molar-refractivity contribution in [2.75, 3.05) is 29.9 Å². The third-order valence-electron chi connectivity index (χ3n) is 3.02. The highest BCUT2D eigenvalue weighted by Crippen LogP contribution is 2.33. The molecule has 1 heterocycles. The first-order valence-corrected chi connectivity index (χ1v) is 5.53. The maximum absolute atomic E-state index is 12.5. The van der Waals surface area contributed by atoms with E-state index in [1.165, 1.54) is 4.90 Å². The lowest BCUT2D eigenvalue weighted by atomic mass is 10.1. The van der Waals surface area contributed by atoms with E-state index in [4.69, 9.17) is 0 Å². The molecule has 1 aromatic carbocycles. The molecular weight excluding hydrogens is 229 g/mol. The topological polar surface area (TPSA) is 15.3 Å². The van der Waals surface area contributed by atoms with Crippen LogP contribution in [0.1, 0.15) is 11.1 Å². The van der Waals surface area contributed by atoms with Crippen molar-refractivity contribution < 1.29 is 13.2 Å². The molecule has 1 aliphatic rings. The molecule has 2 rings (SSSR count). The van der Waals surface area contributed by atoms with Crippen LogP contribution in [0.5, 0.6) is 0 Å². The molecule has 94 valence electrons. The number of rotatable bonds is 1. The molecule has 1 N–H and O–H groups in total. The van der Waals surface area contributed by atoms with Crippen molar-refractivity contribution in [3.05, 3.63) is 23.3 Å². The largest absolute Gasteiger partial charge is 0.405 e. The molecule has 0 aliphatic carbocycles. The van der Waals surface area contributed by atoms with Gasteiger partial charge in [0.15, 0.2) is 0 Å². The number of hydrogen-bond acceptors (Lipinski definition) is 2. The Labute approximate surface area is 98.4 Å². The van der Waals surface area contributed by atoms with Gasteiger partial charge in [0.05, 0.1) is 11.4 Å². The zero-order valence-corrected chi connectivity index (χ0v) is 9.86. The van der Waals surface area contributed by atoms with Gasteiger partial charge in [-0.3, -0.25) is 0 Å². The van der Waals surface area contributed by atoms with Crippen molar-refractivity contribution >= 4 is 11.4 Å². The quantitative estimate of drug-likeness (QED) is 0.816. The Balaban J connectivity index is 2.34. The van der Waals surface area contributed by atoms with Gasteiger partial charge in [0.2, 0.25) is 0 Å². The minimum Gasteiger partial charge on any atom is -0.382 e. The molecule has 17 heavy (non-hydrogen) atoms. The van der Waals surface area contributed by atoms with Gasteiger partial charge in [-0.25, -0.2) is 0 Å². The monoisotopic (exact) mass is 244 g/mol. The van der Waals surface area contributed by atoms with E-state index in [-0.39, 0.29) is 0 Å². The van der Waals surface area contributed by atoms with Gasteiger partial charge >= 0.3 is 6.18 Å². The van der Waals surface area contributed by atoms with Crippen LogP contribution in [-0.2, 0) is 0 Å². The van der Waals surface area contributed by atoms with Crippen LogP contribution < -0.4 is 10.2 Å². The molecule has 0 bridgehead atoms. The zero-order chi connectivity index (χ0) is 12.6. The Hall–Kier alpha value is -1.39. The van der Waals surface area contributed by atoms with Crippen LogP contribution in [0.15, 0.2) is 12.1 Å². The average Bonchev–Trinajstić information content (AvgIpc) is 2.19. The van der Waals surface area contributed by atoms with Crippen LogP contribution in [0, 0.1) is 13.8 Å². The van der Waals surface area contributed by atoms with Crippen molar-refractivity contribution in [1.82, 2.24) is 0 Å². The van der Waals surface area contributed by atoms with Crippen LogP contribution in [0.3, 0.4) is 0 Å². The van der Waals surface area contributed by atoms with E-state index in [0.717, 1.165) is 16.8 Å². The highest BCUT2D eigenvalue weighted by atomic mass is 19.4. The third kappa shape index (κ3) is 2.65. The van der Waals surface area contributed by atoms with Crippen LogP contribution in [-0.4, -0.2) is 25.8 Å². The minimum atomic E-state index is -4.16. The second kappa shape index (κ2) is 4.13. The van der Waals surface area contributed by atoms with Crippen LogP contribution in [0.4, 0.5) is 24.5 Å². The summed E-state index contributed by atoms with van der Waals surface area (Å²) >= 11 is 0. The van der Waals surface area contributed by atoms with E-state index in [2.05, 4.69) is 5.32 Å². The van der Waals surface area contributed by atoms with Gasteiger partial charge < -0.3 is 10.2 Å². The van der Waals surface area contributed by atoms with Gasteiger partial charge in [0.25, 0.3) is 0 Å². The summed E-state index contributed by atoms with van der Waals surface area (Å²) in [6.45, 7) is 3.92. The number of alkyl halides is 3. The molecule has 0 aromatic heterocycles. The van der Waals surface area contributed by atoms with E-state index in [1.54, 1.807) is 0 Å². The first-order chi connectivity index (χ1) is 7.87. The van der Waals surface area contributed by atoms with Gasteiger partial charge in [-0.05, 0) is 37.1 Å². The number of halogens is 3. The van der Waals surface area contributed by atoms with E-state index in [0.29, 0.717) is 18.8 Å². The van der Waals surface area contributed by atoms with Gasteiger partial charge in [0, 0.05) is 13.1 Å². The summed E-state index contributed by atoms with van der Waals surface area (Å²) in [6.07, 6.45) is -4.16. The number of benzene rings is 1. The summed E-state index contributed by atoms with van der Waals surface area (Å²) < 4.78 is 37.4. The molecule has 0 radical (unpaired) electrons. The van der Waals surface area contributed by atoms with Crippen molar-refractivity contribution in [3.63, 3.8) is 0 Å². The summed E-state index contributed by atoms with van der Waals surface area (Å²) in [4.78, 5) is 1.39. The van der Waals surface area contributed by atoms with Crippen molar-refractivity contribution in [2.45, 2.75) is 20.0 Å². The molecule has 0 saturated carbocycles. The smallest absolute Gasteiger partial charge is 0.382 e. The Morgan fingerprint density at radius 1 is 1.24 bits per heavy atom. The Kier molecular flexibility index (Phi) is 2.93. The summed E-state index contributed by atoms with van der Waals surface area (Å²) in [5.41, 5.74) is 3.55. The van der Waals surface area contributed by atoms with Crippen molar-refractivity contribution in [3.8, 4) is 0 Å². The van der Waals surface area contributed by atoms with Gasteiger partial charge in [-0.2, -0.15) is 13.2 Å². The van der Waals surface area contributed by atoms with Crippen molar-refractivity contribution in [1.29, 1.82) is 0 Å². The number of anilines is 2. The van der Waals surface area contributed by atoms with Crippen LogP contribution >= 0.6 is 0 Å². The molecule has 0 spiro atoms. The second-order valence-corrected chi connectivity index (χ2v) is 4.42. The fraction of sp³-hybridized carbons (Fsp3) is 0.500. The standard InChI is InChI=1S/C12H15F3N2/c1-8-5-10-11(6-9(8)2)17(4-3-16-10)7-12(13,14)15/h5-6,16H,3-4,7H2,1-2H3. The number of nitrogens with zero attached hydrogens (tertiary/aromatic N) is 1. The first-order valence-electron chi connectivity index (χ1n) is 5.53. The highest BCUT2D eigenvalue weighted by Gasteiger charge is 2.32. The molecule has 0 unspecified atom stereocenters. The summed E-state index contributed by atoms with van der Waals surface area (Å²) in [7, 11) is 0. The molecular formula is C12H15F3N2. The lowest BCUT2D eigenvalue weighted by Gasteiger charge is -2.33. The van der Waals surface area contributed by atoms with Crippen molar-refractivity contribution in [2.24, 2.45) is 0 Å². The average molecular weight is 244 g/mol. The van der Waals surface area contributed by atoms with Gasteiger partial charge in [-0.1, -0.05) is 0 Å². The van der Waals surface area contributed by atoms with Crippen LogP contribution in [0.2, 0.25) is 0 Å². The second-order valence-electron chi connectivity index (χ2n) is 4.42. The number of hydrogen-bond donors (Lipinski definition) is 1. The Bertz CT molecular complexity index is 426. The molecule has 0 fully saturated rings. The highest BCUT2D eigenvalue weighted by molar-refractivity contribution is 5.74. The van der Waals surface area contributed by atoms with E-state index in [1.807, 2.05) is 26.0 Å². The van der Waals surface area contributed by atoms with E-state index >= 15 is 0 Å². The zero-order valence-electron chi connectivity index (χ0n) is 9.86. The van der Waals surface area contributed by atoms with E-state index in [9.17, 15) is 13.2 Å². The molecule has 0 atom stereocenters. The predicted octanol–water partition coefficient (Wildman–Crippen LogP) is 3.10. The maximum atomic E-state index is 12.5. The number of aryl methyl sites for hydroxylation is 2. The molecule has 1 aliphatic heterocycles.